The first-order valence-corrected chi connectivity index (χ1v) is 10.7. The van der Waals surface area contributed by atoms with Crippen molar-refractivity contribution in [3.63, 3.8) is 0 Å². The fourth-order valence-corrected chi connectivity index (χ4v) is 3.77. The van der Waals surface area contributed by atoms with Crippen LogP contribution in [-0.2, 0) is 13.0 Å². The van der Waals surface area contributed by atoms with Gasteiger partial charge in [-0.1, -0.05) is 43.3 Å². The third kappa shape index (κ3) is 4.27. The van der Waals surface area contributed by atoms with Gasteiger partial charge in [-0.15, -0.1) is 0 Å². The second-order valence-corrected chi connectivity index (χ2v) is 7.54. The van der Waals surface area contributed by atoms with E-state index >= 15 is 0 Å². The van der Waals surface area contributed by atoms with Crippen LogP contribution >= 0.6 is 0 Å². The van der Waals surface area contributed by atoms with Crippen LogP contribution in [0.5, 0.6) is 5.75 Å². The van der Waals surface area contributed by atoms with E-state index in [2.05, 4.69) is 17.3 Å². The van der Waals surface area contributed by atoms with Gasteiger partial charge in [0.25, 0.3) is 11.5 Å². The van der Waals surface area contributed by atoms with Gasteiger partial charge in [0.1, 0.15) is 11.4 Å². The van der Waals surface area contributed by atoms with Crippen molar-refractivity contribution in [2.75, 3.05) is 13.7 Å². The Kier molecular flexibility index (Phi) is 6.35. The fourth-order valence-electron chi connectivity index (χ4n) is 3.77. The molecule has 0 aromatic heterocycles. The van der Waals surface area contributed by atoms with Gasteiger partial charge in [-0.05, 0) is 36.6 Å². The molecule has 0 saturated carbocycles. The van der Waals surface area contributed by atoms with Crippen molar-refractivity contribution >= 4 is 5.91 Å². The van der Waals surface area contributed by atoms with Crippen molar-refractivity contribution in [1.82, 2.24) is 19.7 Å². The van der Waals surface area contributed by atoms with Gasteiger partial charge in [0.2, 0.25) is 0 Å². The van der Waals surface area contributed by atoms with Gasteiger partial charge in [0.05, 0.1) is 23.9 Å². The summed E-state index contributed by atoms with van der Waals surface area (Å²) in [6.07, 6.45) is 5.06. The number of nitrogens with zero attached hydrogens (tertiary/aromatic N) is 3. The zero-order valence-electron chi connectivity index (χ0n) is 18.2. The van der Waals surface area contributed by atoms with Gasteiger partial charge in [0, 0.05) is 25.5 Å². The van der Waals surface area contributed by atoms with E-state index in [1.807, 2.05) is 59.2 Å². The van der Waals surface area contributed by atoms with Crippen LogP contribution in [0.2, 0.25) is 0 Å². The van der Waals surface area contributed by atoms with E-state index in [1.165, 1.54) is 4.68 Å². The molecule has 0 aliphatic carbocycles. The van der Waals surface area contributed by atoms with Crippen LogP contribution in [0.3, 0.4) is 0 Å². The summed E-state index contributed by atoms with van der Waals surface area (Å²) in [7, 11) is 1.63. The molecule has 4 rings (SSSR count). The van der Waals surface area contributed by atoms with Gasteiger partial charge in [0.15, 0.2) is 0 Å². The Morgan fingerprint density at radius 1 is 1.06 bits per heavy atom. The maximum atomic E-state index is 13.1. The van der Waals surface area contributed by atoms with Crippen molar-refractivity contribution in [3.05, 3.63) is 88.5 Å². The first-order valence-electron chi connectivity index (χ1n) is 10.7. The Balaban J connectivity index is 1.64. The van der Waals surface area contributed by atoms with Crippen LogP contribution in [0, 0.1) is 0 Å². The zero-order chi connectivity index (χ0) is 22.5. The standard InChI is InChI=1S/C25H26N4O3/c1-3-15-28-16-20(24(30)26-14-13-18-9-7-8-12-22(18)32-2)23-21(17-28)25(31)29(27-23)19-10-5-4-6-11-19/h4-12,16-17H,3,13-15H2,1-2H3,(H,26,30). The minimum atomic E-state index is -0.256. The molecule has 7 nitrogen and oxygen atoms in total. The average molecular weight is 431 g/mol. The number of nitrogens with one attached hydrogen (secondary N) is 1. The Hall–Kier alpha value is -3.87. The number of benzene rings is 2. The van der Waals surface area contributed by atoms with Gasteiger partial charge in [-0.3, -0.25) is 9.59 Å². The summed E-state index contributed by atoms with van der Waals surface area (Å²) in [4.78, 5) is 26.2. The van der Waals surface area contributed by atoms with E-state index in [0.29, 0.717) is 42.0 Å². The third-order valence-corrected chi connectivity index (χ3v) is 5.32. The molecule has 0 radical (unpaired) electrons. The van der Waals surface area contributed by atoms with Gasteiger partial charge in [-0.25, -0.2) is 0 Å². The van der Waals surface area contributed by atoms with Crippen molar-refractivity contribution in [2.24, 2.45) is 0 Å². The van der Waals surface area contributed by atoms with Crippen LogP contribution in [0.25, 0.3) is 16.9 Å². The summed E-state index contributed by atoms with van der Waals surface area (Å²) in [5, 5.41) is 7.48. The maximum absolute atomic E-state index is 13.1. The molecule has 0 bridgehead atoms. The molecule has 32 heavy (non-hydrogen) atoms. The highest BCUT2D eigenvalue weighted by molar-refractivity contribution is 5.99. The molecule has 1 N–H and O–H groups in total. The molecular formula is C25H26N4O3. The average Bonchev–Trinajstić information content (AvgIpc) is 3.16. The molecule has 0 spiro atoms. The minimum absolute atomic E-state index is 0.236. The number of aromatic nitrogens is 3. The number of methoxy groups -OCH3 is 1. The molecule has 2 aromatic carbocycles. The number of aryl methyl sites for hydroxylation is 1. The summed E-state index contributed by atoms with van der Waals surface area (Å²) < 4.78 is 8.62. The fraction of sp³-hybridized carbons (Fsp3) is 0.240. The molecule has 0 unspecified atom stereocenters. The van der Waals surface area contributed by atoms with Gasteiger partial charge >= 0.3 is 0 Å². The number of rotatable bonds is 8. The van der Waals surface area contributed by atoms with E-state index in [9.17, 15) is 9.59 Å². The molecule has 7 heteroatoms. The second-order valence-electron chi connectivity index (χ2n) is 7.54. The number of ether oxygens (including phenoxy) is 1. The first kappa shape index (κ1) is 21.4. The number of pyridine rings is 1. The second kappa shape index (κ2) is 9.51. The molecular weight excluding hydrogens is 404 g/mol. The van der Waals surface area contributed by atoms with Gasteiger partial charge < -0.3 is 14.6 Å². The summed E-state index contributed by atoms with van der Waals surface area (Å²) in [5.41, 5.74) is 2.67. The van der Waals surface area contributed by atoms with E-state index in [4.69, 9.17) is 4.74 Å². The topological polar surface area (TPSA) is 78.2 Å². The Morgan fingerprint density at radius 3 is 2.56 bits per heavy atom. The van der Waals surface area contributed by atoms with Crippen LogP contribution in [0.4, 0.5) is 0 Å². The van der Waals surface area contributed by atoms with E-state index in [-0.39, 0.29) is 11.5 Å². The molecule has 2 aromatic rings. The molecule has 2 heterocycles. The van der Waals surface area contributed by atoms with Crippen molar-refractivity contribution in [1.29, 1.82) is 0 Å². The lowest BCUT2D eigenvalue weighted by atomic mass is 10.1. The van der Waals surface area contributed by atoms with Crippen LogP contribution < -0.4 is 15.6 Å². The number of carbonyl (C=O) groups is 1. The van der Waals surface area contributed by atoms with Crippen LogP contribution in [0.1, 0.15) is 29.3 Å². The highest BCUT2D eigenvalue weighted by atomic mass is 16.5. The molecule has 2 aliphatic heterocycles. The van der Waals surface area contributed by atoms with E-state index in [1.54, 1.807) is 19.5 Å². The van der Waals surface area contributed by atoms with Crippen LogP contribution in [0.15, 0.2) is 71.8 Å². The lowest BCUT2D eigenvalue weighted by Gasteiger charge is -2.13. The molecule has 2 aliphatic rings. The summed E-state index contributed by atoms with van der Waals surface area (Å²) in [6, 6.07) is 17.0. The van der Waals surface area contributed by atoms with Crippen LogP contribution in [-0.4, -0.2) is 33.9 Å². The van der Waals surface area contributed by atoms with Crippen molar-refractivity contribution < 1.29 is 9.53 Å². The summed E-state index contributed by atoms with van der Waals surface area (Å²) >= 11 is 0. The smallest absolute Gasteiger partial charge is 0.282 e. The predicted molar refractivity (Wildman–Crippen MR) is 124 cm³/mol. The van der Waals surface area contributed by atoms with E-state index < -0.39 is 0 Å². The van der Waals surface area contributed by atoms with Crippen molar-refractivity contribution in [2.45, 2.75) is 26.3 Å². The Morgan fingerprint density at radius 2 is 1.81 bits per heavy atom. The monoisotopic (exact) mass is 430 g/mol. The lowest BCUT2D eigenvalue weighted by Crippen LogP contribution is -2.27. The predicted octanol–water partition coefficient (Wildman–Crippen LogP) is 3.53. The summed E-state index contributed by atoms with van der Waals surface area (Å²) in [6.45, 7) is 3.19. The zero-order valence-corrected chi connectivity index (χ0v) is 18.2. The number of carbonyl (C=O) groups excluding carboxylic acids is 1. The molecule has 1 amide bonds. The number of hydrogen-bond donors (Lipinski definition) is 1. The number of fused-ring (bicyclic) bond motifs is 1. The number of hydrogen-bond acceptors (Lipinski definition) is 4. The highest BCUT2D eigenvalue weighted by Crippen LogP contribution is 2.23. The van der Waals surface area contributed by atoms with Crippen molar-refractivity contribution in [3.8, 4) is 22.7 Å². The third-order valence-electron chi connectivity index (χ3n) is 5.32. The molecule has 164 valence electrons. The first-order chi connectivity index (χ1) is 15.6. The Bertz CT molecular complexity index is 1240. The normalized spacial score (nSPS) is 10.9. The molecule has 0 atom stereocenters. The SMILES string of the molecule is CCCn1cc(C(=O)NCCc2ccccc2OC)c2nn(-c3ccccc3)c(=O)c-2c1. The molecule has 0 saturated heterocycles. The van der Waals surface area contributed by atoms with Gasteiger partial charge in [-0.2, -0.15) is 9.78 Å². The quantitative estimate of drug-likeness (QED) is 0.464. The maximum Gasteiger partial charge on any atom is 0.282 e. The highest BCUT2D eigenvalue weighted by Gasteiger charge is 2.24. The van der Waals surface area contributed by atoms with E-state index in [0.717, 1.165) is 17.7 Å². The Labute approximate surface area is 186 Å². The number of para-hydroxylation sites is 2. The molecule has 0 fully saturated rings. The largest absolute Gasteiger partial charge is 0.496 e. The number of amides is 1. The minimum Gasteiger partial charge on any atom is -0.496 e. The lowest BCUT2D eigenvalue weighted by molar-refractivity contribution is 0.0953. The summed E-state index contributed by atoms with van der Waals surface area (Å²) in [5.74, 6) is 0.537.